The van der Waals surface area contributed by atoms with E-state index in [1.807, 2.05) is 29.6 Å². The number of rotatable bonds is 6. The summed E-state index contributed by atoms with van der Waals surface area (Å²) in [5.74, 6) is 0.0242. The quantitative estimate of drug-likeness (QED) is 0.839. The molecule has 2 aromatic rings. The van der Waals surface area contributed by atoms with Gasteiger partial charge in [0.1, 0.15) is 0 Å². The van der Waals surface area contributed by atoms with Crippen LogP contribution in [0.5, 0.6) is 0 Å². The van der Waals surface area contributed by atoms with Gasteiger partial charge >= 0.3 is 0 Å². The molecular weight excluding hydrogens is 258 g/mol. The summed E-state index contributed by atoms with van der Waals surface area (Å²) < 4.78 is 0. The Bertz CT molecular complexity index is 525. The van der Waals surface area contributed by atoms with Crippen LogP contribution in [0, 0.1) is 0 Å². The smallest absolute Gasteiger partial charge is 0.224 e. The third-order valence-electron chi connectivity index (χ3n) is 2.88. The Morgan fingerprint density at radius 3 is 2.79 bits per heavy atom. The van der Waals surface area contributed by atoms with Gasteiger partial charge in [-0.15, -0.1) is 11.3 Å². The highest BCUT2D eigenvalue weighted by Crippen LogP contribution is 2.08. The first-order valence-corrected chi connectivity index (χ1v) is 7.14. The SMILES string of the molecule is NCc1ccccc1CC(=O)NCCc1cscn1. The fourth-order valence-electron chi connectivity index (χ4n) is 1.86. The minimum Gasteiger partial charge on any atom is -0.355 e. The second-order valence-electron chi connectivity index (χ2n) is 4.23. The lowest BCUT2D eigenvalue weighted by molar-refractivity contribution is -0.120. The Kier molecular flexibility index (Phi) is 5.06. The summed E-state index contributed by atoms with van der Waals surface area (Å²) in [5, 5.41) is 4.90. The van der Waals surface area contributed by atoms with Crippen LogP contribution in [-0.4, -0.2) is 17.4 Å². The molecule has 3 N–H and O–H groups in total. The topological polar surface area (TPSA) is 68.0 Å². The second-order valence-corrected chi connectivity index (χ2v) is 4.95. The van der Waals surface area contributed by atoms with Gasteiger partial charge in [-0.2, -0.15) is 0 Å². The second kappa shape index (κ2) is 7.01. The van der Waals surface area contributed by atoms with E-state index >= 15 is 0 Å². The van der Waals surface area contributed by atoms with Crippen LogP contribution in [0.1, 0.15) is 16.8 Å². The number of nitrogens with two attached hydrogens (primary N) is 1. The molecule has 0 saturated carbocycles. The summed E-state index contributed by atoms with van der Waals surface area (Å²) in [6.07, 6.45) is 1.15. The molecule has 0 spiro atoms. The number of nitrogens with zero attached hydrogens (tertiary/aromatic N) is 1. The zero-order chi connectivity index (χ0) is 13.5. The standard InChI is InChI=1S/C14H17N3OS/c15-8-12-4-2-1-3-11(12)7-14(18)16-6-5-13-9-19-10-17-13/h1-4,9-10H,5-8,15H2,(H,16,18). The molecule has 1 aromatic carbocycles. The number of aromatic nitrogens is 1. The monoisotopic (exact) mass is 275 g/mol. The number of thiazole rings is 1. The summed E-state index contributed by atoms with van der Waals surface area (Å²) in [6.45, 7) is 1.08. The van der Waals surface area contributed by atoms with Crippen molar-refractivity contribution in [2.24, 2.45) is 5.73 Å². The van der Waals surface area contributed by atoms with E-state index in [4.69, 9.17) is 5.73 Å². The highest BCUT2D eigenvalue weighted by molar-refractivity contribution is 7.07. The van der Waals surface area contributed by atoms with E-state index in [-0.39, 0.29) is 5.91 Å². The van der Waals surface area contributed by atoms with Crippen molar-refractivity contribution in [1.82, 2.24) is 10.3 Å². The van der Waals surface area contributed by atoms with Crippen LogP contribution >= 0.6 is 11.3 Å². The molecule has 0 radical (unpaired) electrons. The van der Waals surface area contributed by atoms with Crippen molar-refractivity contribution in [3.63, 3.8) is 0 Å². The predicted octanol–water partition coefficient (Wildman–Crippen LogP) is 1.50. The van der Waals surface area contributed by atoms with E-state index in [0.29, 0.717) is 19.5 Å². The number of carbonyl (C=O) groups excluding carboxylic acids is 1. The number of benzene rings is 1. The zero-order valence-corrected chi connectivity index (χ0v) is 11.5. The van der Waals surface area contributed by atoms with Crippen molar-refractivity contribution in [3.8, 4) is 0 Å². The third kappa shape index (κ3) is 4.15. The number of carbonyl (C=O) groups is 1. The average molecular weight is 275 g/mol. The van der Waals surface area contributed by atoms with Gasteiger partial charge in [0, 0.05) is 24.9 Å². The lowest BCUT2D eigenvalue weighted by Gasteiger charge is -2.08. The number of hydrogen-bond acceptors (Lipinski definition) is 4. The number of amides is 1. The molecule has 100 valence electrons. The highest BCUT2D eigenvalue weighted by atomic mass is 32.1. The van der Waals surface area contributed by atoms with Gasteiger partial charge in [-0.25, -0.2) is 4.98 Å². The first-order valence-electron chi connectivity index (χ1n) is 6.20. The predicted molar refractivity (Wildman–Crippen MR) is 76.9 cm³/mol. The summed E-state index contributed by atoms with van der Waals surface area (Å²) in [4.78, 5) is 16.0. The van der Waals surface area contributed by atoms with E-state index in [0.717, 1.165) is 23.2 Å². The van der Waals surface area contributed by atoms with E-state index in [1.54, 1.807) is 16.8 Å². The molecule has 0 aliphatic rings. The van der Waals surface area contributed by atoms with E-state index in [1.165, 1.54) is 0 Å². The highest BCUT2D eigenvalue weighted by Gasteiger charge is 2.06. The molecule has 1 aromatic heterocycles. The summed E-state index contributed by atoms with van der Waals surface area (Å²) in [5.41, 5.74) is 10.5. The van der Waals surface area contributed by atoms with Gasteiger partial charge in [0.2, 0.25) is 5.91 Å². The van der Waals surface area contributed by atoms with Crippen LogP contribution in [-0.2, 0) is 24.2 Å². The molecule has 5 heteroatoms. The Morgan fingerprint density at radius 1 is 1.32 bits per heavy atom. The Hall–Kier alpha value is -1.72. The maximum Gasteiger partial charge on any atom is 0.224 e. The van der Waals surface area contributed by atoms with E-state index in [9.17, 15) is 4.79 Å². The molecular formula is C14H17N3OS. The van der Waals surface area contributed by atoms with Crippen molar-refractivity contribution >= 4 is 17.2 Å². The van der Waals surface area contributed by atoms with Crippen LogP contribution in [0.15, 0.2) is 35.2 Å². The van der Waals surface area contributed by atoms with Crippen molar-refractivity contribution in [2.75, 3.05) is 6.54 Å². The minimum atomic E-state index is 0.0242. The Balaban J connectivity index is 1.80. The van der Waals surface area contributed by atoms with Crippen molar-refractivity contribution in [1.29, 1.82) is 0 Å². The number of nitrogens with one attached hydrogen (secondary N) is 1. The molecule has 0 saturated heterocycles. The van der Waals surface area contributed by atoms with Crippen LogP contribution < -0.4 is 11.1 Å². The van der Waals surface area contributed by atoms with Crippen molar-refractivity contribution in [3.05, 3.63) is 52.0 Å². The van der Waals surface area contributed by atoms with Crippen molar-refractivity contribution in [2.45, 2.75) is 19.4 Å². The summed E-state index contributed by atoms with van der Waals surface area (Å²) in [7, 11) is 0. The molecule has 1 amide bonds. The van der Waals surface area contributed by atoms with Gasteiger partial charge in [-0.3, -0.25) is 4.79 Å². The van der Waals surface area contributed by atoms with Crippen LogP contribution in [0.4, 0.5) is 0 Å². The molecule has 0 fully saturated rings. The molecule has 4 nitrogen and oxygen atoms in total. The molecule has 2 rings (SSSR count). The maximum absolute atomic E-state index is 11.8. The minimum absolute atomic E-state index is 0.0242. The third-order valence-corrected chi connectivity index (χ3v) is 3.51. The van der Waals surface area contributed by atoms with Crippen LogP contribution in [0.2, 0.25) is 0 Å². The fraction of sp³-hybridized carbons (Fsp3) is 0.286. The van der Waals surface area contributed by atoms with Gasteiger partial charge in [0.05, 0.1) is 17.6 Å². The van der Waals surface area contributed by atoms with Gasteiger partial charge in [-0.1, -0.05) is 24.3 Å². The zero-order valence-electron chi connectivity index (χ0n) is 10.6. The lowest BCUT2D eigenvalue weighted by Crippen LogP contribution is -2.27. The van der Waals surface area contributed by atoms with E-state index in [2.05, 4.69) is 10.3 Å². The van der Waals surface area contributed by atoms with E-state index < -0.39 is 0 Å². The van der Waals surface area contributed by atoms with Gasteiger partial charge in [-0.05, 0) is 11.1 Å². The Morgan fingerprint density at radius 2 is 2.11 bits per heavy atom. The fourth-order valence-corrected chi connectivity index (χ4v) is 2.45. The first-order chi connectivity index (χ1) is 9.29. The first kappa shape index (κ1) is 13.7. The van der Waals surface area contributed by atoms with Gasteiger partial charge in [0.25, 0.3) is 0 Å². The molecule has 0 unspecified atom stereocenters. The average Bonchev–Trinajstić information content (AvgIpc) is 2.92. The summed E-state index contributed by atoms with van der Waals surface area (Å²) in [6, 6.07) is 7.77. The number of hydrogen-bond donors (Lipinski definition) is 2. The van der Waals surface area contributed by atoms with Gasteiger partial charge in [0.15, 0.2) is 0 Å². The molecule has 19 heavy (non-hydrogen) atoms. The van der Waals surface area contributed by atoms with Gasteiger partial charge < -0.3 is 11.1 Å². The van der Waals surface area contributed by atoms with Crippen LogP contribution in [0.25, 0.3) is 0 Å². The van der Waals surface area contributed by atoms with Crippen LogP contribution in [0.3, 0.4) is 0 Å². The maximum atomic E-state index is 11.8. The van der Waals surface area contributed by atoms with Crippen molar-refractivity contribution < 1.29 is 4.79 Å². The normalized spacial score (nSPS) is 10.4. The molecule has 1 heterocycles. The molecule has 0 bridgehead atoms. The lowest BCUT2D eigenvalue weighted by atomic mass is 10.0. The molecule has 0 atom stereocenters. The molecule has 0 aliphatic heterocycles. The summed E-state index contributed by atoms with van der Waals surface area (Å²) >= 11 is 1.57. The Labute approximate surface area is 116 Å². The molecule has 0 aliphatic carbocycles. The largest absolute Gasteiger partial charge is 0.355 e.